The lowest BCUT2D eigenvalue weighted by Crippen LogP contribution is -2.60. The minimum Gasteiger partial charge on any atom is -0.450 e. The van der Waals surface area contributed by atoms with E-state index in [1.165, 1.54) is 5.57 Å². The average Bonchev–Trinajstić information content (AvgIpc) is 3.40. The first-order chi connectivity index (χ1) is 19.1. The standard InChI is InChI=1S/C29H36N6O4/c1-2-38-29(37)33-14-10-21(11-15-33)23-4-3-13-35-27(23)31-26(32-35)18-20-5-7-22(8-6-20)28(36)34-16-17-39-25-9-12-30-19-24(25)34/h3-8,10,13,24-25,27,30H,2,9,11-12,14-19H2,1H3,(H,31,32). The highest BCUT2D eigenvalue weighted by Crippen LogP contribution is 2.30. The molecule has 0 aliphatic carbocycles. The van der Waals surface area contributed by atoms with Gasteiger partial charge in [0.05, 0.1) is 25.4 Å². The molecule has 1 aromatic carbocycles. The van der Waals surface area contributed by atoms with Crippen molar-refractivity contribution in [1.29, 1.82) is 0 Å². The number of allylic oxidation sites excluding steroid dienone is 2. The largest absolute Gasteiger partial charge is 0.450 e. The molecule has 10 heteroatoms. The van der Waals surface area contributed by atoms with Gasteiger partial charge in [0.15, 0.2) is 6.17 Å². The summed E-state index contributed by atoms with van der Waals surface area (Å²) in [5.41, 5.74) is 7.57. The van der Waals surface area contributed by atoms with E-state index in [9.17, 15) is 9.59 Å². The molecule has 2 amide bonds. The summed E-state index contributed by atoms with van der Waals surface area (Å²) in [6.45, 7) is 6.32. The van der Waals surface area contributed by atoms with Gasteiger partial charge in [-0.25, -0.2) is 9.79 Å². The van der Waals surface area contributed by atoms with E-state index in [0.717, 1.165) is 42.9 Å². The number of amides is 2. The summed E-state index contributed by atoms with van der Waals surface area (Å²) >= 11 is 0. The third-order valence-corrected chi connectivity index (χ3v) is 7.99. The zero-order chi connectivity index (χ0) is 26.8. The van der Waals surface area contributed by atoms with Crippen LogP contribution in [0.5, 0.6) is 0 Å². The van der Waals surface area contributed by atoms with Crippen LogP contribution in [-0.2, 0) is 15.9 Å². The molecule has 10 nitrogen and oxygen atoms in total. The van der Waals surface area contributed by atoms with Crippen LogP contribution in [0, 0.1) is 0 Å². The maximum Gasteiger partial charge on any atom is 0.410 e. The number of hydrazine groups is 1. The Bertz CT molecular complexity index is 1220. The molecule has 5 aliphatic rings. The minimum absolute atomic E-state index is 0.0687. The Morgan fingerprint density at radius 1 is 1.21 bits per heavy atom. The van der Waals surface area contributed by atoms with Crippen LogP contribution in [-0.4, -0.2) is 96.9 Å². The third-order valence-electron chi connectivity index (χ3n) is 7.99. The summed E-state index contributed by atoms with van der Waals surface area (Å²) in [4.78, 5) is 34.1. The van der Waals surface area contributed by atoms with Crippen LogP contribution in [0.15, 0.2) is 64.8 Å². The van der Waals surface area contributed by atoms with Crippen LogP contribution in [0.4, 0.5) is 4.79 Å². The van der Waals surface area contributed by atoms with E-state index >= 15 is 0 Å². The number of hydrogen-bond acceptors (Lipinski definition) is 8. The van der Waals surface area contributed by atoms with Gasteiger partial charge in [-0.2, -0.15) is 0 Å². The summed E-state index contributed by atoms with van der Waals surface area (Å²) in [6.07, 6.45) is 10.3. The van der Waals surface area contributed by atoms with Crippen molar-refractivity contribution in [2.24, 2.45) is 4.99 Å². The number of hydrogen-bond donors (Lipinski definition) is 2. The predicted octanol–water partition coefficient (Wildman–Crippen LogP) is 2.22. The lowest BCUT2D eigenvalue weighted by Gasteiger charge is -2.44. The van der Waals surface area contributed by atoms with Crippen LogP contribution in [0.25, 0.3) is 0 Å². The van der Waals surface area contributed by atoms with Crippen molar-refractivity contribution in [2.75, 3.05) is 45.9 Å². The normalized spacial score (nSPS) is 26.1. The van der Waals surface area contributed by atoms with Crippen molar-refractivity contribution in [3.05, 3.63) is 71.0 Å². The number of ether oxygens (including phenoxy) is 2. The smallest absolute Gasteiger partial charge is 0.410 e. The minimum atomic E-state index is -0.261. The second-order valence-electron chi connectivity index (χ2n) is 10.4. The first-order valence-electron chi connectivity index (χ1n) is 13.9. The summed E-state index contributed by atoms with van der Waals surface area (Å²) in [5, 5.41) is 5.42. The summed E-state index contributed by atoms with van der Waals surface area (Å²) in [5.74, 6) is 0.949. The lowest BCUT2D eigenvalue weighted by molar-refractivity contribution is -0.0699. The van der Waals surface area contributed by atoms with Crippen LogP contribution >= 0.6 is 0 Å². The van der Waals surface area contributed by atoms with Crippen molar-refractivity contribution in [2.45, 2.75) is 44.5 Å². The number of fused-ring (bicyclic) bond motifs is 2. The van der Waals surface area contributed by atoms with Crippen molar-refractivity contribution in [1.82, 2.24) is 25.6 Å². The van der Waals surface area contributed by atoms with Gasteiger partial charge < -0.3 is 24.6 Å². The average molecular weight is 533 g/mol. The zero-order valence-corrected chi connectivity index (χ0v) is 22.3. The van der Waals surface area contributed by atoms with E-state index in [0.29, 0.717) is 44.8 Å². The molecule has 3 atom stereocenters. The molecular formula is C29H36N6O4. The van der Waals surface area contributed by atoms with E-state index in [1.807, 2.05) is 53.4 Å². The molecule has 39 heavy (non-hydrogen) atoms. The Kier molecular flexibility index (Phi) is 7.38. The van der Waals surface area contributed by atoms with Crippen LogP contribution in [0.3, 0.4) is 0 Å². The lowest BCUT2D eigenvalue weighted by atomic mass is 9.95. The number of nitrogens with one attached hydrogen (secondary N) is 2. The molecule has 5 aliphatic heterocycles. The number of piperidine rings is 1. The molecule has 0 bridgehead atoms. The van der Waals surface area contributed by atoms with Crippen molar-refractivity contribution < 1.29 is 19.1 Å². The van der Waals surface area contributed by atoms with Gasteiger partial charge in [0.1, 0.15) is 5.84 Å². The fraction of sp³-hybridized carbons (Fsp3) is 0.483. The molecule has 0 aromatic heterocycles. The maximum absolute atomic E-state index is 13.3. The van der Waals surface area contributed by atoms with E-state index in [2.05, 4.69) is 22.9 Å². The molecular weight excluding hydrogens is 496 g/mol. The van der Waals surface area contributed by atoms with E-state index < -0.39 is 0 Å². The molecule has 0 spiro atoms. The van der Waals surface area contributed by atoms with Crippen LogP contribution in [0.2, 0.25) is 0 Å². The van der Waals surface area contributed by atoms with E-state index in [-0.39, 0.29) is 30.3 Å². The van der Waals surface area contributed by atoms with E-state index in [1.54, 1.807) is 4.90 Å². The first-order valence-corrected chi connectivity index (χ1v) is 13.9. The Morgan fingerprint density at radius 2 is 2.08 bits per heavy atom. The number of carbonyl (C=O) groups is 2. The molecule has 206 valence electrons. The first kappa shape index (κ1) is 25.6. The number of nitrogens with zero attached hydrogens (tertiary/aromatic N) is 4. The number of rotatable bonds is 5. The molecule has 6 rings (SSSR count). The van der Waals surface area contributed by atoms with Gasteiger partial charge >= 0.3 is 6.09 Å². The number of amidine groups is 1. The Labute approximate surface area is 229 Å². The van der Waals surface area contributed by atoms with Gasteiger partial charge in [-0.15, -0.1) is 0 Å². The van der Waals surface area contributed by atoms with Gasteiger partial charge in [0, 0.05) is 49.9 Å². The second kappa shape index (κ2) is 11.2. The second-order valence-corrected chi connectivity index (χ2v) is 10.4. The molecule has 0 radical (unpaired) electrons. The van der Waals surface area contributed by atoms with Crippen molar-refractivity contribution >= 4 is 17.8 Å². The number of morpholine rings is 1. The summed E-state index contributed by atoms with van der Waals surface area (Å²) in [7, 11) is 0. The predicted molar refractivity (Wildman–Crippen MR) is 147 cm³/mol. The molecule has 0 saturated carbocycles. The topological polar surface area (TPSA) is 98.7 Å². The van der Waals surface area contributed by atoms with Gasteiger partial charge in [-0.3, -0.25) is 15.2 Å². The van der Waals surface area contributed by atoms with E-state index in [4.69, 9.17) is 14.5 Å². The number of benzene rings is 1. The fourth-order valence-electron chi connectivity index (χ4n) is 5.95. The SMILES string of the molecule is CCOC(=O)N1CC=C(C2=CC=CN3NC(Cc4ccc(C(=O)N5CCOC6CCNCC65)cc4)=NC23)CC1. The maximum atomic E-state index is 13.3. The molecule has 3 unspecified atom stereocenters. The fourth-order valence-corrected chi connectivity index (χ4v) is 5.95. The Hall–Kier alpha value is -3.63. The van der Waals surface area contributed by atoms with Gasteiger partial charge in [0.25, 0.3) is 5.91 Å². The van der Waals surface area contributed by atoms with Gasteiger partial charge in [-0.05, 0) is 55.7 Å². The molecule has 5 heterocycles. The van der Waals surface area contributed by atoms with Crippen LogP contribution in [0.1, 0.15) is 35.7 Å². The molecule has 2 saturated heterocycles. The molecule has 1 aromatic rings. The highest BCUT2D eigenvalue weighted by Gasteiger charge is 2.37. The molecule has 2 N–H and O–H groups in total. The Morgan fingerprint density at radius 3 is 2.87 bits per heavy atom. The highest BCUT2D eigenvalue weighted by atomic mass is 16.6. The zero-order valence-electron chi connectivity index (χ0n) is 22.3. The monoisotopic (exact) mass is 532 g/mol. The highest BCUT2D eigenvalue weighted by molar-refractivity contribution is 5.95. The van der Waals surface area contributed by atoms with Crippen LogP contribution < -0.4 is 10.7 Å². The quantitative estimate of drug-likeness (QED) is 0.600. The summed E-state index contributed by atoms with van der Waals surface area (Å²) in [6, 6.07) is 7.98. The molecule has 2 fully saturated rings. The number of carbonyl (C=O) groups excluding carboxylic acids is 2. The van der Waals surface area contributed by atoms with Gasteiger partial charge in [-0.1, -0.05) is 24.3 Å². The van der Waals surface area contributed by atoms with Crippen molar-refractivity contribution in [3.8, 4) is 0 Å². The summed E-state index contributed by atoms with van der Waals surface area (Å²) < 4.78 is 11.0. The van der Waals surface area contributed by atoms with Crippen molar-refractivity contribution in [3.63, 3.8) is 0 Å². The third kappa shape index (κ3) is 5.31. The number of aliphatic imine (C=N–C) groups is 1. The van der Waals surface area contributed by atoms with Gasteiger partial charge in [0.2, 0.25) is 0 Å². The Balaban J connectivity index is 1.09.